The summed E-state index contributed by atoms with van der Waals surface area (Å²) in [6.07, 6.45) is 0. The van der Waals surface area contributed by atoms with E-state index >= 15 is 0 Å². The average Bonchev–Trinajstić information content (AvgIpc) is 2.50. The number of nitrogens with one attached hydrogen (secondary N) is 1. The third-order valence-corrected chi connectivity index (χ3v) is 3.21. The summed E-state index contributed by atoms with van der Waals surface area (Å²) < 4.78 is 16.7. The fourth-order valence-corrected chi connectivity index (χ4v) is 2.17. The second-order valence-electron chi connectivity index (χ2n) is 4.72. The molecule has 0 radical (unpaired) electrons. The Bertz CT molecular complexity index is 589. The van der Waals surface area contributed by atoms with Crippen molar-refractivity contribution < 1.29 is 14.2 Å². The van der Waals surface area contributed by atoms with Crippen molar-refractivity contribution in [2.45, 2.75) is 13.5 Å². The zero-order chi connectivity index (χ0) is 15.2. The zero-order valence-corrected chi connectivity index (χ0v) is 12.9. The minimum Gasteiger partial charge on any atom is -0.493 e. The molecule has 0 unspecified atom stereocenters. The number of para-hydroxylation sites is 1. The van der Waals surface area contributed by atoms with Gasteiger partial charge in [-0.2, -0.15) is 0 Å². The van der Waals surface area contributed by atoms with Gasteiger partial charge in [-0.05, 0) is 43.3 Å². The molecular weight excluding hydrogens is 266 g/mol. The van der Waals surface area contributed by atoms with Gasteiger partial charge in [0.2, 0.25) is 5.75 Å². The molecule has 0 bridgehead atoms. The first-order valence-electron chi connectivity index (χ1n) is 6.82. The maximum absolute atomic E-state index is 6.02. The summed E-state index contributed by atoms with van der Waals surface area (Å²) in [5, 5.41) is 3.14. The summed E-state index contributed by atoms with van der Waals surface area (Å²) in [6, 6.07) is 11.7. The summed E-state index contributed by atoms with van der Waals surface area (Å²) in [5.74, 6) is 2.67. The monoisotopic (exact) mass is 287 g/mol. The standard InChI is InChI=1S/C17H21NO3/c1-12-10-13(11-18-2)8-9-14(12)21-17-15(19-3)6-5-7-16(17)20-4/h5-10,18H,11H2,1-4H3. The Morgan fingerprint density at radius 1 is 0.952 bits per heavy atom. The highest BCUT2D eigenvalue weighted by molar-refractivity contribution is 5.54. The minimum absolute atomic E-state index is 0.590. The number of ether oxygens (including phenoxy) is 3. The lowest BCUT2D eigenvalue weighted by molar-refractivity contribution is 0.345. The van der Waals surface area contributed by atoms with Gasteiger partial charge in [-0.15, -0.1) is 0 Å². The summed E-state index contributed by atoms with van der Waals surface area (Å²) in [4.78, 5) is 0. The first-order valence-corrected chi connectivity index (χ1v) is 6.82. The topological polar surface area (TPSA) is 39.7 Å². The summed E-state index contributed by atoms with van der Waals surface area (Å²) in [5.41, 5.74) is 2.28. The van der Waals surface area contributed by atoms with Crippen LogP contribution in [-0.4, -0.2) is 21.3 Å². The van der Waals surface area contributed by atoms with Gasteiger partial charge in [0.05, 0.1) is 14.2 Å². The lowest BCUT2D eigenvalue weighted by Crippen LogP contribution is -2.05. The number of hydrogen-bond acceptors (Lipinski definition) is 4. The first-order chi connectivity index (χ1) is 10.2. The fraction of sp³-hybridized carbons (Fsp3) is 0.294. The molecule has 0 spiro atoms. The maximum Gasteiger partial charge on any atom is 0.211 e. The molecule has 0 fully saturated rings. The zero-order valence-electron chi connectivity index (χ0n) is 12.9. The van der Waals surface area contributed by atoms with Crippen molar-refractivity contribution in [3.8, 4) is 23.0 Å². The van der Waals surface area contributed by atoms with Crippen molar-refractivity contribution in [1.82, 2.24) is 5.32 Å². The van der Waals surface area contributed by atoms with Crippen molar-refractivity contribution >= 4 is 0 Å². The van der Waals surface area contributed by atoms with E-state index in [1.165, 1.54) is 5.56 Å². The Balaban J connectivity index is 2.34. The van der Waals surface area contributed by atoms with Gasteiger partial charge in [-0.1, -0.05) is 18.2 Å². The second-order valence-corrected chi connectivity index (χ2v) is 4.72. The van der Waals surface area contributed by atoms with Crippen LogP contribution < -0.4 is 19.5 Å². The van der Waals surface area contributed by atoms with E-state index in [1.807, 2.05) is 44.3 Å². The van der Waals surface area contributed by atoms with Gasteiger partial charge in [-0.3, -0.25) is 0 Å². The molecule has 0 aliphatic heterocycles. The van der Waals surface area contributed by atoms with Crippen LogP contribution in [0.4, 0.5) is 0 Å². The molecule has 112 valence electrons. The van der Waals surface area contributed by atoms with Gasteiger partial charge in [0, 0.05) is 6.54 Å². The van der Waals surface area contributed by atoms with Crippen molar-refractivity contribution in [3.05, 3.63) is 47.5 Å². The predicted octanol–water partition coefficient (Wildman–Crippen LogP) is 3.52. The highest BCUT2D eigenvalue weighted by Gasteiger charge is 2.13. The van der Waals surface area contributed by atoms with Gasteiger partial charge >= 0.3 is 0 Å². The van der Waals surface area contributed by atoms with E-state index in [0.29, 0.717) is 17.2 Å². The molecule has 0 atom stereocenters. The molecule has 0 aromatic heterocycles. The number of benzene rings is 2. The quantitative estimate of drug-likeness (QED) is 0.882. The highest BCUT2D eigenvalue weighted by Crippen LogP contribution is 2.40. The molecule has 2 aromatic carbocycles. The Morgan fingerprint density at radius 2 is 1.62 bits per heavy atom. The van der Waals surface area contributed by atoms with E-state index < -0.39 is 0 Å². The van der Waals surface area contributed by atoms with Crippen molar-refractivity contribution in [2.75, 3.05) is 21.3 Å². The van der Waals surface area contributed by atoms with Crippen LogP contribution in [0.25, 0.3) is 0 Å². The van der Waals surface area contributed by atoms with Crippen molar-refractivity contribution in [2.24, 2.45) is 0 Å². The Labute approximate surface area is 125 Å². The number of rotatable bonds is 6. The van der Waals surface area contributed by atoms with Crippen molar-refractivity contribution in [3.63, 3.8) is 0 Å². The van der Waals surface area contributed by atoms with Crippen molar-refractivity contribution in [1.29, 1.82) is 0 Å². The molecule has 0 saturated heterocycles. The fourth-order valence-electron chi connectivity index (χ4n) is 2.17. The smallest absolute Gasteiger partial charge is 0.211 e. The van der Waals surface area contributed by atoms with Gasteiger partial charge in [0.1, 0.15) is 5.75 Å². The van der Waals surface area contributed by atoms with E-state index in [9.17, 15) is 0 Å². The SMILES string of the molecule is CNCc1ccc(Oc2c(OC)cccc2OC)c(C)c1. The number of methoxy groups -OCH3 is 2. The molecule has 0 heterocycles. The predicted molar refractivity (Wildman–Crippen MR) is 83.6 cm³/mol. The van der Waals surface area contributed by atoms with Gasteiger partial charge in [0.15, 0.2) is 11.5 Å². The van der Waals surface area contributed by atoms with Crippen LogP contribution in [0.15, 0.2) is 36.4 Å². The summed E-state index contributed by atoms with van der Waals surface area (Å²) in [6.45, 7) is 2.86. The summed E-state index contributed by atoms with van der Waals surface area (Å²) in [7, 11) is 5.16. The Morgan fingerprint density at radius 3 is 2.14 bits per heavy atom. The maximum atomic E-state index is 6.02. The minimum atomic E-state index is 0.590. The van der Waals surface area contributed by atoms with Crippen LogP contribution in [0.3, 0.4) is 0 Å². The van der Waals surface area contributed by atoms with Crippen LogP contribution in [0.1, 0.15) is 11.1 Å². The van der Waals surface area contributed by atoms with Crippen LogP contribution in [-0.2, 0) is 6.54 Å². The third-order valence-electron chi connectivity index (χ3n) is 3.21. The van der Waals surface area contributed by atoms with E-state index in [-0.39, 0.29) is 0 Å². The lowest BCUT2D eigenvalue weighted by atomic mass is 10.1. The normalized spacial score (nSPS) is 10.3. The average molecular weight is 287 g/mol. The highest BCUT2D eigenvalue weighted by atomic mass is 16.5. The van der Waals surface area contributed by atoms with Gasteiger partial charge < -0.3 is 19.5 Å². The molecule has 0 aliphatic rings. The molecule has 0 saturated carbocycles. The third kappa shape index (κ3) is 3.47. The number of hydrogen-bond donors (Lipinski definition) is 1. The molecule has 0 aliphatic carbocycles. The van der Waals surface area contributed by atoms with Gasteiger partial charge in [-0.25, -0.2) is 0 Å². The summed E-state index contributed by atoms with van der Waals surface area (Å²) >= 11 is 0. The molecule has 0 amide bonds. The molecule has 21 heavy (non-hydrogen) atoms. The number of aryl methyl sites for hydroxylation is 1. The Kier molecular flexibility index (Phi) is 5.06. The van der Waals surface area contributed by atoms with Crippen LogP contribution >= 0.6 is 0 Å². The molecule has 4 heteroatoms. The van der Waals surface area contributed by atoms with Crippen LogP contribution in [0.2, 0.25) is 0 Å². The van der Waals surface area contributed by atoms with E-state index in [1.54, 1.807) is 14.2 Å². The van der Waals surface area contributed by atoms with E-state index in [4.69, 9.17) is 14.2 Å². The van der Waals surface area contributed by atoms with E-state index in [0.717, 1.165) is 17.9 Å². The van der Waals surface area contributed by atoms with E-state index in [2.05, 4.69) is 11.4 Å². The molecule has 2 aromatic rings. The molecule has 1 N–H and O–H groups in total. The molecular formula is C17H21NO3. The van der Waals surface area contributed by atoms with Crippen LogP contribution in [0, 0.1) is 6.92 Å². The van der Waals surface area contributed by atoms with Gasteiger partial charge in [0.25, 0.3) is 0 Å². The first kappa shape index (κ1) is 15.2. The van der Waals surface area contributed by atoms with Crippen LogP contribution in [0.5, 0.6) is 23.0 Å². The Hall–Kier alpha value is -2.20. The molecule has 2 rings (SSSR count). The lowest BCUT2D eigenvalue weighted by Gasteiger charge is -2.15. The largest absolute Gasteiger partial charge is 0.493 e. The molecule has 4 nitrogen and oxygen atoms in total. The second kappa shape index (κ2) is 6.99.